The molecule has 1 heterocycles. The van der Waals surface area contributed by atoms with Crippen molar-refractivity contribution in [3.05, 3.63) is 39.9 Å². The lowest BCUT2D eigenvalue weighted by Gasteiger charge is -2.12. The van der Waals surface area contributed by atoms with Gasteiger partial charge in [0.15, 0.2) is 0 Å². The standard InChI is InChI=1S/C10H11N3O4/c14-10-12(5-6-17-10)11-7-8-1-3-9(4-2-8)13(15)16/h1-4,7,10,14H,5-6H2. The highest BCUT2D eigenvalue weighted by molar-refractivity contribution is 5.79. The van der Waals surface area contributed by atoms with Crippen molar-refractivity contribution in [3.8, 4) is 0 Å². The first kappa shape index (κ1) is 11.5. The monoisotopic (exact) mass is 237 g/mol. The Hall–Kier alpha value is -1.99. The maximum atomic E-state index is 10.4. The van der Waals surface area contributed by atoms with Crippen molar-refractivity contribution in [3.63, 3.8) is 0 Å². The van der Waals surface area contributed by atoms with Crippen LogP contribution in [0.1, 0.15) is 5.56 Å². The van der Waals surface area contributed by atoms with Crippen LogP contribution in [-0.2, 0) is 4.74 Å². The quantitative estimate of drug-likeness (QED) is 0.471. The number of hydrogen-bond acceptors (Lipinski definition) is 6. The van der Waals surface area contributed by atoms with Gasteiger partial charge in [-0.1, -0.05) is 0 Å². The van der Waals surface area contributed by atoms with Gasteiger partial charge in [-0.15, -0.1) is 0 Å². The third kappa shape index (κ3) is 2.77. The van der Waals surface area contributed by atoms with Gasteiger partial charge in [-0.25, -0.2) is 5.01 Å². The molecule has 0 radical (unpaired) electrons. The van der Waals surface area contributed by atoms with Crippen molar-refractivity contribution in [2.24, 2.45) is 5.10 Å². The van der Waals surface area contributed by atoms with E-state index in [0.717, 1.165) is 5.56 Å². The summed E-state index contributed by atoms with van der Waals surface area (Å²) in [7, 11) is 0. The Bertz CT molecular complexity index is 432. The van der Waals surface area contributed by atoms with Crippen LogP contribution in [0.5, 0.6) is 0 Å². The van der Waals surface area contributed by atoms with Crippen LogP contribution >= 0.6 is 0 Å². The van der Waals surface area contributed by atoms with Gasteiger partial charge in [-0.05, 0) is 17.7 Å². The number of non-ortho nitro benzene ring substituents is 1. The second-order valence-electron chi connectivity index (χ2n) is 3.45. The molecular weight excluding hydrogens is 226 g/mol. The molecular formula is C10H11N3O4. The summed E-state index contributed by atoms with van der Waals surface area (Å²) in [5.41, 5.74) is 0.751. The van der Waals surface area contributed by atoms with E-state index in [4.69, 9.17) is 4.74 Å². The lowest BCUT2D eigenvalue weighted by Crippen LogP contribution is -2.24. The van der Waals surface area contributed by atoms with E-state index in [9.17, 15) is 15.2 Å². The van der Waals surface area contributed by atoms with Gasteiger partial charge in [0.2, 0.25) is 0 Å². The lowest BCUT2D eigenvalue weighted by atomic mass is 10.2. The van der Waals surface area contributed by atoms with Gasteiger partial charge in [0.1, 0.15) is 0 Å². The number of hydrogen-bond donors (Lipinski definition) is 1. The zero-order valence-electron chi connectivity index (χ0n) is 8.89. The summed E-state index contributed by atoms with van der Waals surface area (Å²) in [6.45, 7) is 0.948. The summed E-state index contributed by atoms with van der Waals surface area (Å²) in [5, 5.41) is 25.1. The Labute approximate surface area is 97.1 Å². The number of rotatable bonds is 3. The molecule has 1 aliphatic heterocycles. The topological polar surface area (TPSA) is 88.2 Å². The summed E-state index contributed by atoms with van der Waals surface area (Å²) < 4.78 is 4.88. The number of nitrogens with zero attached hydrogens (tertiary/aromatic N) is 3. The summed E-state index contributed by atoms with van der Waals surface area (Å²) in [4.78, 5) is 9.98. The van der Waals surface area contributed by atoms with Crippen LogP contribution in [0.2, 0.25) is 0 Å². The van der Waals surface area contributed by atoms with E-state index in [0.29, 0.717) is 13.2 Å². The number of aliphatic hydroxyl groups excluding tert-OH is 1. The number of hydrazone groups is 1. The van der Waals surface area contributed by atoms with Crippen molar-refractivity contribution in [1.82, 2.24) is 5.01 Å². The zero-order chi connectivity index (χ0) is 12.3. The van der Waals surface area contributed by atoms with Gasteiger partial charge < -0.3 is 9.84 Å². The first-order valence-electron chi connectivity index (χ1n) is 5.01. The van der Waals surface area contributed by atoms with Gasteiger partial charge in [0.25, 0.3) is 12.1 Å². The second kappa shape index (κ2) is 4.89. The molecule has 0 spiro atoms. The Morgan fingerprint density at radius 2 is 2.24 bits per heavy atom. The van der Waals surface area contributed by atoms with Crippen molar-refractivity contribution in [2.45, 2.75) is 6.41 Å². The smallest absolute Gasteiger partial charge is 0.269 e. The van der Waals surface area contributed by atoms with Gasteiger partial charge in [0.05, 0.1) is 24.3 Å². The van der Waals surface area contributed by atoms with Crippen molar-refractivity contribution >= 4 is 11.9 Å². The van der Waals surface area contributed by atoms with E-state index in [1.165, 1.54) is 23.4 Å². The molecule has 17 heavy (non-hydrogen) atoms. The average Bonchev–Trinajstić information content (AvgIpc) is 2.73. The number of benzene rings is 1. The molecule has 0 amide bonds. The molecule has 0 aromatic heterocycles. The molecule has 7 nitrogen and oxygen atoms in total. The van der Waals surface area contributed by atoms with Crippen molar-refractivity contribution < 1.29 is 14.8 Å². The summed E-state index contributed by atoms with van der Waals surface area (Å²) in [5.74, 6) is 0. The predicted octanol–water partition coefficient (Wildman–Crippen LogP) is 0.537. The molecule has 0 aliphatic carbocycles. The Morgan fingerprint density at radius 3 is 2.76 bits per heavy atom. The molecule has 1 N–H and O–H groups in total. The lowest BCUT2D eigenvalue weighted by molar-refractivity contribution is -0.384. The van der Waals surface area contributed by atoms with Crippen LogP contribution in [0.3, 0.4) is 0 Å². The Balaban J connectivity index is 2.03. The molecule has 1 unspecified atom stereocenters. The predicted molar refractivity (Wildman–Crippen MR) is 59.4 cm³/mol. The van der Waals surface area contributed by atoms with E-state index >= 15 is 0 Å². The fourth-order valence-corrected chi connectivity index (χ4v) is 1.39. The molecule has 2 rings (SSSR count). The van der Waals surface area contributed by atoms with E-state index in [2.05, 4.69) is 5.10 Å². The largest absolute Gasteiger partial charge is 0.350 e. The summed E-state index contributed by atoms with van der Waals surface area (Å²) in [6.07, 6.45) is 0.506. The highest BCUT2D eigenvalue weighted by Gasteiger charge is 2.20. The highest BCUT2D eigenvalue weighted by atomic mass is 16.6. The Kier molecular flexibility index (Phi) is 3.31. The van der Waals surface area contributed by atoms with Crippen LogP contribution in [0.4, 0.5) is 5.69 Å². The number of nitro benzene ring substituents is 1. The Morgan fingerprint density at radius 1 is 1.53 bits per heavy atom. The van der Waals surface area contributed by atoms with Crippen LogP contribution in [0.15, 0.2) is 29.4 Å². The third-order valence-corrected chi connectivity index (χ3v) is 2.30. The van der Waals surface area contributed by atoms with Crippen LogP contribution < -0.4 is 0 Å². The van der Waals surface area contributed by atoms with Gasteiger partial charge in [-0.3, -0.25) is 10.1 Å². The normalized spacial score (nSPS) is 20.1. The molecule has 0 saturated carbocycles. The fraction of sp³-hybridized carbons (Fsp3) is 0.300. The second-order valence-corrected chi connectivity index (χ2v) is 3.45. The minimum atomic E-state index is -1.01. The fourth-order valence-electron chi connectivity index (χ4n) is 1.39. The number of aliphatic hydroxyl groups is 1. The highest BCUT2D eigenvalue weighted by Crippen LogP contribution is 2.11. The SMILES string of the molecule is O=[N+]([O-])c1ccc(C=NN2CCOC2O)cc1. The molecule has 1 aromatic carbocycles. The van der Waals surface area contributed by atoms with Crippen LogP contribution in [0.25, 0.3) is 0 Å². The number of nitro groups is 1. The molecule has 0 bridgehead atoms. The average molecular weight is 237 g/mol. The first-order valence-corrected chi connectivity index (χ1v) is 5.01. The first-order chi connectivity index (χ1) is 8.16. The zero-order valence-corrected chi connectivity index (χ0v) is 8.89. The summed E-state index contributed by atoms with van der Waals surface area (Å²) in [6, 6.07) is 5.98. The number of ether oxygens (including phenoxy) is 1. The van der Waals surface area contributed by atoms with E-state index in [1.54, 1.807) is 12.1 Å². The molecule has 90 valence electrons. The maximum absolute atomic E-state index is 10.4. The molecule has 1 saturated heterocycles. The minimum absolute atomic E-state index is 0.0340. The maximum Gasteiger partial charge on any atom is 0.269 e. The molecule has 1 aromatic rings. The third-order valence-electron chi connectivity index (χ3n) is 2.30. The summed E-state index contributed by atoms with van der Waals surface area (Å²) >= 11 is 0. The van der Waals surface area contributed by atoms with Crippen molar-refractivity contribution in [2.75, 3.05) is 13.2 Å². The molecule has 7 heteroatoms. The van der Waals surface area contributed by atoms with E-state index < -0.39 is 11.3 Å². The van der Waals surface area contributed by atoms with Gasteiger partial charge >= 0.3 is 0 Å². The van der Waals surface area contributed by atoms with Crippen LogP contribution in [0, 0.1) is 10.1 Å². The molecule has 1 fully saturated rings. The van der Waals surface area contributed by atoms with E-state index in [-0.39, 0.29) is 5.69 Å². The minimum Gasteiger partial charge on any atom is -0.350 e. The van der Waals surface area contributed by atoms with Crippen molar-refractivity contribution in [1.29, 1.82) is 0 Å². The van der Waals surface area contributed by atoms with E-state index in [1.807, 2.05) is 0 Å². The van der Waals surface area contributed by atoms with Gasteiger partial charge in [-0.2, -0.15) is 5.10 Å². The van der Waals surface area contributed by atoms with Gasteiger partial charge in [0, 0.05) is 12.1 Å². The molecule has 1 atom stereocenters. The molecule has 1 aliphatic rings. The van der Waals surface area contributed by atoms with Crippen LogP contribution in [-0.4, -0.2) is 40.8 Å².